The number of hydrogen-bond donors (Lipinski definition) is 2. The summed E-state index contributed by atoms with van der Waals surface area (Å²) in [6.07, 6.45) is 8.84. The highest BCUT2D eigenvalue weighted by Crippen LogP contribution is 2.23. The Kier molecular flexibility index (Phi) is 4.79. The van der Waals surface area contributed by atoms with Crippen molar-refractivity contribution in [3.05, 3.63) is 29.9 Å². The number of aromatic nitrogens is 4. The summed E-state index contributed by atoms with van der Waals surface area (Å²) >= 11 is 1.42. The molecule has 0 unspecified atom stereocenters. The molecule has 0 aliphatic rings. The second kappa shape index (κ2) is 6.76. The topological polar surface area (TPSA) is 93.5 Å². The Hall–Kier alpha value is -2.53. The van der Waals surface area contributed by atoms with Gasteiger partial charge in [0.15, 0.2) is 11.0 Å². The zero-order valence-corrected chi connectivity index (χ0v) is 12.8. The molecule has 0 saturated heterocycles. The summed E-state index contributed by atoms with van der Waals surface area (Å²) in [5.41, 5.74) is 1.71. The minimum absolute atomic E-state index is 0.395. The third kappa shape index (κ3) is 3.73. The fraction of sp³-hybridized carbons (Fsp3) is 0.231. The van der Waals surface area contributed by atoms with Crippen molar-refractivity contribution in [1.29, 1.82) is 5.26 Å². The summed E-state index contributed by atoms with van der Waals surface area (Å²) in [6, 6.07) is 2.15. The predicted molar refractivity (Wildman–Crippen MR) is 83.1 cm³/mol. The molecule has 0 aliphatic heterocycles. The highest BCUT2D eigenvalue weighted by molar-refractivity contribution is 7.98. The van der Waals surface area contributed by atoms with Gasteiger partial charge in [-0.15, -0.1) is 0 Å². The lowest BCUT2D eigenvalue weighted by Crippen LogP contribution is -2.04. The summed E-state index contributed by atoms with van der Waals surface area (Å²) in [5, 5.41) is 19.6. The van der Waals surface area contributed by atoms with Gasteiger partial charge in [0, 0.05) is 26.5 Å². The summed E-state index contributed by atoms with van der Waals surface area (Å²) in [7, 11) is 3.81. The number of rotatable bonds is 5. The largest absolute Gasteiger partial charge is 0.383 e. The number of aromatic amines is 1. The van der Waals surface area contributed by atoms with E-state index in [-0.39, 0.29) is 0 Å². The number of H-pyrrole nitrogens is 1. The van der Waals surface area contributed by atoms with Crippen LogP contribution in [0.25, 0.3) is 6.08 Å². The van der Waals surface area contributed by atoms with Crippen molar-refractivity contribution in [2.24, 2.45) is 0 Å². The molecule has 2 N–H and O–H groups in total. The van der Waals surface area contributed by atoms with Crippen molar-refractivity contribution >= 4 is 29.3 Å². The lowest BCUT2D eigenvalue weighted by molar-refractivity contribution is 0.567. The second-order valence-electron chi connectivity index (χ2n) is 4.32. The van der Waals surface area contributed by atoms with E-state index in [4.69, 9.17) is 0 Å². The van der Waals surface area contributed by atoms with E-state index < -0.39 is 0 Å². The van der Waals surface area contributed by atoms with Crippen LogP contribution in [0.5, 0.6) is 0 Å². The quantitative estimate of drug-likeness (QED) is 0.645. The SMILES string of the molecule is CSc1nc(/C=C/N(C)C)c(C#N)c(Nc2cn[nH]c2)n1. The molecule has 0 spiro atoms. The van der Waals surface area contributed by atoms with Crippen LogP contribution in [0.2, 0.25) is 0 Å². The second-order valence-corrected chi connectivity index (χ2v) is 5.10. The molecular weight excluding hydrogens is 286 g/mol. The molecule has 0 saturated carbocycles. The van der Waals surface area contributed by atoms with Crippen LogP contribution < -0.4 is 5.32 Å². The van der Waals surface area contributed by atoms with Crippen LogP contribution in [-0.2, 0) is 0 Å². The molecule has 2 heterocycles. The van der Waals surface area contributed by atoms with Gasteiger partial charge in [-0.25, -0.2) is 9.97 Å². The van der Waals surface area contributed by atoms with Crippen molar-refractivity contribution in [2.75, 3.05) is 25.7 Å². The van der Waals surface area contributed by atoms with Crippen molar-refractivity contribution in [3.8, 4) is 6.07 Å². The van der Waals surface area contributed by atoms with Gasteiger partial charge < -0.3 is 10.2 Å². The normalized spacial score (nSPS) is 10.6. The summed E-state index contributed by atoms with van der Waals surface area (Å²) in [5.74, 6) is 0.469. The first-order valence-electron chi connectivity index (χ1n) is 6.10. The number of nitrogens with zero attached hydrogens (tertiary/aromatic N) is 5. The molecule has 21 heavy (non-hydrogen) atoms. The Morgan fingerprint density at radius 2 is 2.24 bits per heavy atom. The van der Waals surface area contributed by atoms with Crippen molar-refractivity contribution in [3.63, 3.8) is 0 Å². The first-order valence-corrected chi connectivity index (χ1v) is 7.33. The highest BCUT2D eigenvalue weighted by Gasteiger charge is 2.13. The molecule has 2 aromatic heterocycles. The molecule has 0 amide bonds. The van der Waals surface area contributed by atoms with Crippen LogP contribution in [0.15, 0.2) is 23.8 Å². The molecule has 2 rings (SSSR count). The molecule has 0 aliphatic carbocycles. The first kappa shape index (κ1) is 14.9. The smallest absolute Gasteiger partial charge is 0.189 e. The third-order valence-electron chi connectivity index (χ3n) is 2.50. The van der Waals surface area contributed by atoms with Crippen LogP contribution in [-0.4, -0.2) is 45.4 Å². The summed E-state index contributed by atoms with van der Waals surface area (Å²) in [4.78, 5) is 10.6. The van der Waals surface area contributed by atoms with Crippen molar-refractivity contribution in [2.45, 2.75) is 5.16 Å². The molecule has 108 valence electrons. The van der Waals surface area contributed by atoms with Gasteiger partial charge in [0.05, 0.1) is 17.6 Å². The van der Waals surface area contributed by atoms with Crippen LogP contribution in [0, 0.1) is 11.3 Å². The van der Waals surface area contributed by atoms with E-state index in [1.54, 1.807) is 18.5 Å². The number of thioether (sulfide) groups is 1. The molecule has 0 fully saturated rings. The third-order valence-corrected chi connectivity index (χ3v) is 3.05. The maximum Gasteiger partial charge on any atom is 0.189 e. The van der Waals surface area contributed by atoms with Crippen LogP contribution in [0.1, 0.15) is 11.3 Å². The van der Waals surface area contributed by atoms with Crippen LogP contribution in [0.4, 0.5) is 11.5 Å². The Morgan fingerprint density at radius 1 is 1.43 bits per heavy atom. The molecule has 2 aromatic rings. The Morgan fingerprint density at radius 3 is 2.81 bits per heavy atom. The van der Waals surface area contributed by atoms with Gasteiger partial charge in [0.25, 0.3) is 0 Å². The van der Waals surface area contributed by atoms with Gasteiger partial charge in [-0.05, 0) is 12.3 Å². The fourth-order valence-corrected chi connectivity index (χ4v) is 1.92. The fourth-order valence-electron chi connectivity index (χ4n) is 1.55. The zero-order valence-electron chi connectivity index (χ0n) is 12.0. The number of anilines is 2. The lowest BCUT2D eigenvalue weighted by Gasteiger charge is -2.09. The van der Waals surface area contributed by atoms with Gasteiger partial charge in [0.2, 0.25) is 0 Å². The monoisotopic (exact) mass is 301 g/mol. The van der Waals surface area contributed by atoms with E-state index in [1.165, 1.54) is 11.8 Å². The Bertz CT molecular complexity index is 671. The van der Waals surface area contributed by atoms with Gasteiger partial charge in [-0.3, -0.25) is 5.10 Å². The predicted octanol–water partition coefficient (Wildman–Crippen LogP) is 2.07. The van der Waals surface area contributed by atoms with Crippen molar-refractivity contribution in [1.82, 2.24) is 25.1 Å². The Labute approximate surface area is 127 Å². The standard InChI is InChI=1S/C13H15N7S/c1-20(2)5-4-11-10(6-14)12(19-13(18-11)21-3)17-9-7-15-16-8-9/h4-5,7-8H,1-3H3,(H,15,16)(H,17,18,19)/b5-4+. The van der Waals surface area contributed by atoms with Crippen LogP contribution in [0.3, 0.4) is 0 Å². The average Bonchev–Trinajstić information content (AvgIpc) is 2.97. The molecule has 0 atom stereocenters. The molecule has 0 aromatic carbocycles. The number of nitriles is 1. The van der Waals surface area contributed by atoms with E-state index in [2.05, 4.69) is 31.6 Å². The summed E-state index contributed by atoms with van der Waals surface area (Å²) < 4.78 is 0. The Balaban J connectivity index is 2.47. The minimum Gasteiger partial charge on any atom is -0.383 e. The van der Waals surface area contributed by atoms with E-state index in [1.807, 2.05) is 31.5 Å². The zero-order chi connectivity index (χ0) is 15.2. The maximum atomic E-state index is 9.41. The van der Waals surface area contributed by atoms with Crippen molar-refractivity contribution < 1.29 is 0 Å². The van der Waals surface area contributed by atoms with Gasteiger partial charge >= 0.3 is 0 Å². The average molecular weight is 301 g/mol. The number of nitrogens with one attached hydrogen (secondary N) is 2. The first-order chi connectivity index (χ1) is 10.1. The van der Waals surface area contributed by atoms with Crippen LogP contribution >= 0.6 is 11.8 Å². The van der Waals surface area contributed by atoms with E-state index in [0.29, 0.717) is 22.2 Å². The molecule has 0 radical (unpaired) electrons. The molecule has 7 nitrogen and oxygen atoms in total. The van der Waals surface area contributed by atoms with E-state index in [9.17, 15) is 5.26 Å². The molecule has 8 heteroatoms. The summed E-state index contributed by atoms with van der Waals surface area (Å²) in [6.45, 7) is 0. The minimum atomic E-state index is 0.395. The highest BCUT2D eigenvalue weighted by atomic mass is 32.2. The lowest BCUT2D eigenvalue weighted by atomic mass is 10.2. The number of hydrogen-bond acceptors (Lipinski definition) is 7. The van der Waals surface area contributed by atoms with Gasteiger partial charge in [0.1, 0.15) is 11.6 Å². The molecule has 0 bridgehead atoms. The molecular formula is C13H15N7S. The van der Waals surface area contributed by atoms with Gasteiger partial charge in [-0.2, -0.15) is 10.4 Å². The van der Waals surface area contributed by atoms with E-state index >= 15 is 0 Å². The maximum absolute atomic E-state index is 9.41. The van der Waals surface area contributed by atoms with E-state index in [0.717, 1.165) is 5.69 Å². The van der Waals surface area contributed by atoms with Gasteiger partial charge in [-0.1, -0.05) is 11.8 Å².